The fraction of sp³-hybridized carbons (Fsp3) is 0.222. The molecule has 1 aliphatic rings. The van der Waals surface area contributed by atoms with Gasteiger partial charge in [-0.3, -0.25) is 19.3 Å². The SMILES string of the molecule is CCOc1ccccc1NC(=O)C[C@H]1C(=O)Nc2ccccc2N1C(=O)COc1ccc(C)cc1. The zero-order chi connectivity index (χ0) is 24.8. The molecule has 4 rings (SSSR count). The number of para-hydroxylation sites is 4. The van der Waals surface area contributed by atoms with Crippen molar-refractivity contribution in [1.82, 2.24) is 0 Å². The van der Waals surface area contributed by atoms with Gasteiger partial charge < -0.3 is 20.1 Å². The summed E-state index contributed by atoms with van der Waals surface area (Å²) in [7, 11) is 0. The standard InChI is InChI=1S/C27H27N3O5/c1-3-34-24-11-7-5-9-21(24)28-25(31)16-23-27(33)29-20-8-4-6-10-22(20)30(23)26(32)17-35-19-14-12-18(2)13-15-19/h4-15,23H,3,16-17H2,1-2H3,(H,28,31)(H,29,33)/t23-/m0/s1. The lowest BCUT2D eigenvalue weighted by atomic mass is 10.0. The highest BCUT2D eigenvalue weighted by molar-refractivity contribution is 6.14. The number of carbonyl (C=O) groups is 3. The molecule has 0 aromatic heterocycles. The number of carbonyl (C=O) groups excluding carboxylic acids is 3. The van der Waals surface area contributed by atoms with E-state index >= 15 is 0 Å². The smallest absolute Gasteiger partial charge is 0.265 e. The lowest BCUT2D eigenvalue weighted by Crippen LogP contribution is -2.53. The maximum atomic E-state index is 13.3. The molecular weight excluding hydrogens is 446 g/mol. The van der Waals surface area contributed by atoms with Gasteiger partial charge in [0.25, 0.3) is 5.91 Å². The van der Waals surface area contributed by atoms with Crippen molar-refractivity contribution >= 4 is 34.8 Å². The molecule has 0 aliphatic carbocycles. The van der Waals surface area contributed by atoms with Crippen LogP contribution in [0.3, 0.4) is 0 Å². The first kappa shape index (κ1) is 23.8. The van der Waals surface area contributed by atoms with Crippen LogP contribution in [0.25, 0.3) is 0 Å². The molecule has 2 N–H and O–H groups in total. The molecule has 0 saturated carbocycles. The second kappa shape index (κ2) is 10.7. The lowest BCUT2D eigenvalue weighted by Gasteiger charge is -2.36. The number of nitrogens with one attached hydrogen (secondary N) is 2. The molecule has 0 radical (unpaired) electrons. The van der Waals surface area contributed by atoms with Crippen LogP contribution in [-0.4, -0.2) is 37.0 Å². The Morgan fingerprint density at radius 2 is 1.69 bits per heavy atom. The Labute approximate surface area is 203 Å². The molecule has 8 nitrogen and oxygen atoms in total. The van der Waals surface area contributed by atoms with Gasteiger partial charge in [-0.25, -0.2) is 0 Å². The van der Waals surface area contributed by atoms with Gasteiger partial charge in [0, 0.05) is 0 Å². The largest absolute Gasteiger partial charge is 0.492 e. The lowest BCUT2D eigenvalue weighted by molar-refractivity contribution is -0.127. The zero-order valence-corrected chi connectivity index (χ0v) is 19.6. The van der Waals surface area contributed by atoms with E-state index in [0.717, 1.165) is 5.56 Å². The number of ether oxygens (including phenoxy) is 2. The molecule has 1 atom stereocenters. The summed E-state index contributed by atoms with van der Waals surface area (Å²) in [6, 6.07) is 20.3. The van der Waals surface area contributed by atoms with Crippen LogP contribution in [0.2, 0.25) is 0 Å². The van der Waals surface area contributed by atoms with Crippen LogP contribution in [0, 0.1) is 6.92 Å². The molecular formula is C27H27N3O5. The van der Waals surface area contributed by atoms with Crippen LogP contribution in [0.15, 0.2) is 72.8 Å². The second-order valence-electron chi connectivity index (χ2n) is 8.07. The van der Waals surface area contributed by atoms with Gasteiger partial charge in [-0.1, -0.05) is 42.0 Å². The second-order valence-corrected chi connectivity index (χ2v) is 8.07. The predicted molar refractivity (Wildman–Crippen MR) is 134 cm³/mol. The summed E-state index contributed by atoms with van der Waals surface area (Å²) in [6.07, 6.45) is -0.239. The van der Waals surface area contributed by atoms with E-state index < -0.39 is 23.8 Å². The topological polar surface area (TPSA) is 97.0 Å². The Hall–Kier alpha value is -4.33. The average molecular weight is 474 g/mol. The molecule has 0 bridgehead atoms. The summed E-state index contributed by atoms with van der Waals surface area (Å²) in [5.74, 6) is -0.225. The summed E-state index contributed by atoms with van der Waals surface area (Å²) in [6.45, 7) is 3.97. The van der Waals surface area contributed by atoms with Crippen molar-refractivity contribution in [3.8, 4) is 11.5 Å². The highest BCUT2D eigenvalue weighted by Gasteiger charge is 2.38. The minimum atomic E-state index is -1.04. The number of anilines is 3. The van der Waals surface area contributed by atoms with Crippen molar-refractivity contribution in [2.45, 2.75) is 26.3 Å². The molecule has 180 valence electrons. The fourth-order valence-corrected chi connectivity index (χ4v) is 3.86. The van der Waals surface area contributed by atoms with E-state index in [9.17, 15) is 14.4 Å². The Balaban J connectivity index is 1.54. The molecule has 0 spiro atoms. The van der Waals surface area contributed by atoms with E-state index in [2.05, 4.69) is 10.6 Å². The summed E-state index contributed by atoms with van der Waals surface area (Å²) < 4.78 is 11.2. The van der Waals surface area contributed by atoms with Gasteiger partial charge in [0.2, 0.25) is 11.8 Å². The van der Waals surface area contributed by atoms with Crippen LogP contribution < -0.4 is 25.0 Å². The minimum absolute atomic E-state index is 0.239. The fourth-order valence-electron chi connectivity index (χ4n) is 3.86. The number of hydrogen-bond acceptors (Lipinski definition) is 5. The number of rotatable bonds is 8. The normalized spacial score (nSPS) is 14.5. The maximum Gasteiger partial charge on any atom is 0.265 e. The number of fused-ring (bicyclic) bond motifs is 1. The third-order valence-corrected chi connectivity index (χ3v) is 5.53. The first-order chi connectivity index (χ1) is 17.0. The number of amides is 3. The van der Waals surface area contributed by atoms with Crippen molar-refractivity contribution < 1.29 is 23.9 Å². The average Bonchev–Trinajstić information content (AvgIpc) is 2.85. The molecule has 0 saturated heterocycles. The predicted octanol–water partition coefficient (Wildman–Crippen LogP) is 4.16. The van der Waals surface area contributed by atoms with E-state index in [1.807, 2.05) is 26.0 Å². The van der Waals surface area contributed by atoms with Gasteiger partial charge in [-0.2, -0.15) is 0 Å². The van der Waals surface area contributed by atoms with Gasteiger partial charge in [-0.05, 0) is 50.2 Å². The van der Waals surface area contributed by atoms with Crippen molar-refractivity contribution in [2.75, 3.05) is 28.7 Å². The number of hydrogen-bond donors (Lipinski definition) is 2. The van der Waals surface area contributed by atoms with Crippen molar-refractivity contribution in [1.29, 1.82) is 0 Å². The third kappa shape index (κ3) is 5.60. The molecule has 3 aromatic carbocycles. The molecule has 35 heavy (non-hydrogen) atoms. The highest BCUT2D eigenvalue weighted by Crippen LogP contribution is 2.33. The third-order valence-electron chi connectivity index (χ3n) is 5.53. The van der Waals surface area contributed by atoms with Crippen LogP contribution in [0.5, 0.6) is 11.5 Å². The molecule has 1 aliphatic heterocycles. The van der Waals surface area contributed by atoms with Crippen LogP contribution in [0.4, 0.5) is 17.1 Å². The van der Waals surface area contributed by atoms with Crippen LogP contribution in [0.1, 0.15) is 18.9 Å². The summed E-state index contributed by atoms with van der Waals surface area (Å²) in [5.41, 5.74) is 2.58. The molecule has 1 heterocycles. The Bertz CT molecular complexity index is 1230. The van der Waals surface area contributed by atoms with Crippen molar-refractivity contribution in [3.05, 3.63) is 78.4 Å². The van der Waals surface area contributed by atoms with Gasteiger partial charge >= 0.3 is 0 Å². The summed E-state index contributed by atoms with van der Waals surface area (Å²) in [4.78, 5) is 40.6. The highest BCUT2D eigenvalue weighted by atomic mass is 16.5. The van der Waals surface area contributed by atoms with E-state index in [-0.39, 0.29) is 13.0 Å². The molecule has 8 heteroatoms. The molecule has 3 aromatic rings. The van der Waals surface area contributed by atoms with E-state index in [4.69, 9.17) is 9.47 Å². The van der Waals surface area contributed by atoms with Gasteiger partial charge in [0.05, 0.1) is 30.1 Å². The van der Waals surface area contributed by atoms with Crippen LogP contribution >= 0.6 is 0 Å². The quantitative estimate of drug-likeness (QED) is 0.512. The van der Waals surface area contributed by atoms with E-state index in [1.54, 1.807) is 60.7 Å². The summed E-state index contributed by atoms with van der Waals surface area (Å²) >= 11 is 0. The monoisotopic (exact) mass is 473 g/mol. The number of benzene rings is 3. The number of nitrogens with zero attached hydrogens (tertiary/aromatic N) is 1. The first-order valence-electron chi connectivity index (χ1n) is 11.4. The maximum absolute atomic E-state index is 13.3. The Morgan fingerprint density at radius 3 is 2.46 bits per heavy atom. The zero-order valence-electron chi connectivity index (χ0n) is 19.6. The van der Waals surface area contributed by atoms with Crippen LogP contribution in [-0.2, 0) is 14.4 Å². The summed E-state index contributed by atoms with van der Waals surface area (Å²) in [5, 5.41) is 5.59. The van der Waals surface area contributed by atoms with Crippen molar-refractivity contribution in [3.63, 3.8) is 0 Å². The van der Waals surface area contributed by atoms with Gasteiger partial charge in [0.1, 0.15) is 17.5 Å². The van der Waals surface area contributed by atoms with Gasteiger partial charge in [-0.15, -0.1) is 0 Å². The van der Waals surface area contributed by atoms with Gasteiger partial charge in [0.15, 0.2) is 6.61 Å². The first-order valence-corrected chi connectivity index (χ1v) is 11.4. The number of aryl methyl sites for hydroxylation is 1. The Kier molecular flexibility index (Phi) is 7.30. The van der Waals surface area contributed by atoms with E-state index in [0.29, 0.717) is 35.2 Å². The molecule has 0 fully saturated rings. The molecule has 3 amide bonds. The van der Waals surface area contributed by atoms with E-state index in [1.165, 1.54) is 4.90 Å². The minimum Gasteiger partial charge on any atom is -0.492 e. The van der Waals surface area contributed by atoms with Crippen molar-refractivity contribution in [2.24, 2.45) is 0 Å². The molecule has 0 unspecified atom stereocenters. The Morgan fingerprint density at radius 1 is 0.971 bits per heavy atom.